The topological polar surface area (TPSA) is 58.6 Å². The molecule has 32 heavy (non-hydrogen) atoms. The molecule has 0 unspecified atom stereocenters. The van der Waals surface area contributed by atoms with Crippen molar-refractivity contribution in [3.63, 3.8) is 0 Å². The van der Waals surface area contributed by atoms with E-state index in [-0.39, 0.29) is 5.82 Å². The molecule has 1 saturated carbocycles. The van der Waals surface area contributed by atoms with Crippen LogP contribution in [-0.4, -0.2) is 20.7 Å². The maximum atomic E-state index is 15.0. The highest BCUT2D eigenvalue weighted by molar-refractivity contribution is 5.82. The van der Waals surface area contributed by atoms with Crippen molar-refractivity contribution in [3.05, 3.63) is 94.4 Å². The van der Waals surface area contributed by atoms with E-state index < -0.39 is 0 Å². The molecule has 1 aliphatic carbocycles. The summed E-state index contributed by atoms with van der Waals surface area (Å²) in [5, 5.41) is 0.613. The standard InChI is InChI=1S/C27H26FN3O/c1-17-11-24-25(30-17)8-7-21(27(24)28)16-22-9-10-29-26(31-22)15-20-4-2-3-19(12-20)14-23(32)13-18-5-6-18/h2-4,7-12,18,30H,5-6,13-16H2,1H3. The van der Waals surface area contributed by atoms with Crippen LogP contribution in [-0.2, 0) is 24.1 Å². The van der Waals surface area contributed by atoms with E-state index in [1.165, 1.54) is 12.8 Å². The first-order chi connectivity index (χ1) is 15.5. The molecule has 5 rings (SSSR count). The molecule has 2 aromatic carbocycles. The Kier molecular flexibility index (Phi) is 5.56. The Bertz CT molecular complexity index is 1290. The number of ketones is 1. The summed E-state index contributed by atoms with van der Waals surface area (Å²) in [7, 11) is 0. The number of nitrogens with zero attached hydrogens (tertiary/aromatic N) is 2. The van der Waals surface area contributed by atoms with Gasteiger partial charge in [0.1, 0.15) is 17.4 Å². The van der Waals surface area contributed by atoms with E-state index in [9.17, 15) is 9.18 Å². The minimum absolute atomic E-state index is 0.199. The van der Waals surface area contributed by atoms with Gasteiger partial charge < -0.3 is 4.98 Å². The number of carbonyl (C=O) groups is 1. The van der Waals surface area contributed by atoms with E-state index in [4.69, 9.17) is 0 Å². The zero-order chi connectivity index (χ0) is 22.1. The summed E-state index contributed by atoms with van der Waals surface area (Å²) >= 11 is 0. The van der Waals surface area contributed by atoms with Crippen LogP contribution in [0, 0.1) is 18.7 Å². The van der Waals surface area contributed by atoms with Crippen LogP contribution in [0.3, 0.4) is 0 Å². The normalized spacial score (nSPS) is 13.6. The third-order valence-electron chi connectivity index (χ3n) is 6.06. The van der Waals surface area contributed by atoms with Gasteiger partial charge in [-0.2, -0.15) is 0 Å². The lowest BCUT2D eigenvalue weighted by atomic mass is 10.0. The third-order valence-corrected chi connectivity index (χ3v) is 6.06. The minimum Gasteiger partial charge on any atom is -0.359 e. The minimum atomic E-state index is -0.199. The first kappa shape index (κ1) is 20.6. The fourth-order valence-electron chi connectivity index (χ4n) is 4.29. The maximum absolute atomic E-state index is 15.0. The lowest BCUT2D eigenvalue weighted by Gasteiger charge is -2.07. The Morgan fingerprint density at radius 1 is 1.09 bits per heavy atom. The van der Waals surface area contributed by atoms with Gasteiger partial charge in [0.2, 0.25) is 0 Å². The highest BCUT2D eigenvalue weighted by atomic mass is 19.1. The molecule has 162 valence electrons. The molecular formula is C27H26FN3O. The van der Waals surface area contributed by atoms with Crippen molar-refractivity contribution in [2.75, 3.05) is 0 Å². The van der Waals surface area contributed by atoms with E-state index in [0.29, 0.717) is 54.2 Å². The number of aryl methyl sites for hydroxylation is 1. The molecule has 2 aromatic heterocycles. The molecule has 0 saturated heterocycles. The molecule has 4 aromatic rings. The quantitative estimate of drug-likeness (QED) is 0.404. The van der Waals surface area contributed by atoms with Gasteiger partial charge in [0.15, 0.2) is 0 Å². The van der Waals surface area contributed by atoms with Crippen molar-refractivity contribution < 1.29 is 9.18 Å². The second-order valence-corrected chi connectivity index (χ2v) is 8.95. The second-order valence-electron chi connectivity index (χ2n) is 8.95. The van der Waals surface area contributed by atoms with Gasteiger partial charge in [0, 0.05) is 54.2 Å². The van der Waals surface area contributed by atoms with Gasteiger partial charge in [-0.15, -0.1) is 0 Å². The molecule has 4 nitrogen and oxygen atoms in total. The van der Waals surface area contributed by atoms with Crippen molar-refractivity contribution in [3.8, 4) is 0 Å². The summed E-state index contributed by atoms with van der Waals surface area (Å²) in [6, 6.07) is 15.5. The lowest BCUT2D eigenvalue weighted by Crippen LogP contribution is -2.05. The van der Waals surface area contributed by atoms with Crippen LogP contribution in [0.5, 0.6) is 0 Å². The number of fused-ring (bicyclic) bond motifs is 1. The lowest BCUT2D eigenvalue weighted by molar-refractivity contribution is -0.118. The smallest absolute Gasteiger partial charge is 0.137 e. The van der Waals surface area contributed by atoms with E-state index >= 15 is 0 Å². The number of Topliss-reactive ketones (excluding diaryl/α,β-unsaturated/α-hetero) is 1. The number of hydrogen-bond donors (Lipinski definition) is 1. The van der Waals surface area contributed by atoms with Gasteiger partial charge >= 0.3 is 0 Å². The van der Waals surface area contributed by atoms with Gasteiger partial charge in [-0.25, -0.2) is 14.4 Å². The Hall–Kier alpha value is -3.34. The van der Waals surface area contributed by atoms with Crippen molar-refractivity contribution in [1.82, 2.24) is 15.0 Å². The monoisotopic (exact) mass is 427 g/mol. The largest absolute Gasteiger partial charge is 0.359 e. The van der Waals surface area contributed by atoms with Crippen LogP contribution in [0.25, 0.3) is 10.9 Å². The van der Waals surface area contributed by atoms with E-state index in [2.05, 4.69) is 21.0 Å². The first-order valence-corrected chi connectivity index (χ1v) is 11.2. The second kappa shape index (κ2) is 8.65. The molecule has 0 atom stereocenters. The molecule has 1 aliphatic rings. The van der Waals surface area contributed by atoms with Gasteiger partial charge in [0.25, 0.3) is 0 Å². The van der Waals surface area contributed by atoms with Gasteiger partial charge in [-0.1, -0.05) is 30.3 Å². The molecule has 0 aliphatic heterocycles. The summed E-state index contributed by atoms with van der Waals surface area (Å²) < 4.78 is 15.0. The maximum Gasteiger partial charge on any atom is 0.137 e. The van der Waals surface area contributed by atoms with Crippen molar-refractivity contribution >= 4 is 16.7 Å². The van der Waals surface area contributed by atoms with E-state index in [1.54, 1.807) is 6.20 Å². The van der Waals surface area contributed by atoms with Crippen LogP contribution in [0.4, 0.5) is 4.39 Å². The van der Waals surface area contributed by atoms with Gasteiger partial charge in [0.05, 0.1) is 0 Å². The molecule has 0 amide bonds. The van der Waals surface area contributed by atoms with Crippen LogP contribution >= 0.6 is 0 Å². The fraction of sp³-hybridized carbons (Fsp3) is 0.296. The highest BCUT2D eigenvalue weighted by Crippen LogP contribution is 2.32. The summed E-state index contributed by atoms with van der Waals surface area (Å²) in [4.78, 5) is 24.5. The zero-order valence-corrected chi connectivity index (χ0v) is 18.2. The van der Waals surface area contributed by atoms with Crippen LogP contribution in [0.15, 0.2) is 54.7 Å². The zero-order valence-electron chi connectivity index (χ0n) is 18.2. The first-order valence-electron chi connectivity index (χ1n) is 11.2. The average molecular weight is 428 g/mol. The summed E-state index contributed by atoms with van der Waals surface area (Å²) in [5.41, 5.74) is 5.28. The van der Waals surface area contributed by atoms with Crippen LogP contribution in [0.1, 0.15) is 53.2 Å². The van der Waals surface area contributed by atoms with Crippen LogP contribution < -0.4 is 0 Å². The molecule has 5 heteroatoms. The Morgan fingerprint density at radius 3 is 2.78 bits per heavy atom. The number of H-pyrrole nitrogens is 1. The summed E-state index contributed by atoms with van der Waals surface area (Å²) in [6.45, 7) is 1.92. The number of carbonyl (C=O) groups excluding carboxylic acids is 1. The Labute approximate surface area is 186 Å². The number of benzene rings is 2. The predicted octanol–water partition coefficient (Wildman–Crippen LogP) is 5.50. The van der Waals surface area contributed by atoms with Crippen molar-refractivity contribution in [1.29, 1.82) is 0 Å². The van der Waals surface area contributed by atoms with Crippen LogP contribution in [0.2, 0.25) is 0 Å². The molecule has 0 radical (unpaired) electrons. The third kappa shape index (κ3) is 4.77. The highest BCUT2D eigenvalue weighted by Gasteiger charge is 2.24. The molecule has 2 heterocycles. The SMILES string of the molecule is Cc1cc2c(F)c(Cc3ccnc(Cc4cccc(CC(=O)CC5CC5)c4)n3)ccc2[nH]1. The van der Waals surface area contributed by atoms with Gasteiger partial charge in [-0.3, -0.25) is 4.79 Å². The summed E-state index contributed by atoms with van der Waals surface area (Å²) in [5.74, 6) is 1.44. The van der Waals surface area contributed by atoms with Gasteiger partial charge in [-0.05, 0) is 60.6 Å². The number of aromatic amines is 1. The molecular weight excluding hydrogens is 401 g/mol. The fourth-order valence-corrected chi connectivity index (χ4v) is 4.29. The predicted molar refractivity (Wildman–Crippen MR) is 123 cm³/mol. The molecule has 1 fully saturated rings. The van der Waals surface area contributed by atoms with E-state index in [1.807, 2.05) is 49.4 Å². The Morgan fingerprint density at radius 2 is 1.94 bits per heavy atom. The number of halogens is 1. The van der Waals surface area contributed by atoms with Crippen molar-refractivity contribution in [2.24, 2.45) is 5.92 Å². The van der Waals surface area contributed by atoms with Crippen molar-refractivity contribution in [2.45, 2.75) is 45.4 Å². The number of aromatic nitrogens is 3. The molecule has 0 spiro atoms. The number of hydrogen-bond acceptors (Lipinski definition) is 3. The molecule has 0 bridgehead atoms. The van der Waals surface area contributed by atoms with E-state index in [0.717, 1.165) is 28.0 Å². The molecule has 1 N–H and O–H groups in total. The number of rotatable bonds is 8. The number of nitrogens with one attached hydrogen (secondary N) is 1. The average Bonchev–Trinajstić information content (AvgIpc) is 3.48. The Balaban J connectivity index is 1.30. The summed E-state index contributed by atoms with van der Waals surface area (Å²) in [6.07, 6.45) is 6.32.